The zero-order chi connectivity index (χ0) is 17.1. The predicted molar refractivity (Wildman–Crippen MR) is 97.1 cm³/mol. The highest BCUT2D eigenvalue weighted by Gasteiger charge is 2.21. The Hall–Kier alpha value is -2.05. The first-order valence-electron chi connectivity index (χ1n) is 8.69. The van der Waals surface area contributed by atoms with Gasteiger partial charge in [-0.25, -0.2) is 0 Å². The number of carbonyl (C=O) groups excluding carboxylic acids is 1. The summed E-state index contributed by atoms with van der Waals surface area (Å²) < 4.78 is 10.8. The van der Waals surface area contributed by atoms with Crippen molar-refractivity contribution in [3.8, 4) is 11.5 Å². The molecule has 5 nitrogen and oxygen atoms in total. The van der Waals surface area contributed by atoms with E-state index in [1.165, 1.54) is 10.4 Å². The lowest BCUT2D eigenvalue weighted by Gasteiger charge is -2.34. The average Bonchev–Trinajstić information content (AvgIpc) is 3.31. The molecule has 3 heterocycles. The first kappa shape index (κ1) is 16.4. The highest BCUT2D eigenvalue weighted by atomic mass is 32.1. The van der Waals surface area contributed by atoms with Crippen molar-refractivity contribution in [1.82, 2.24) is 9.80 Å². The maximum absolute atomic E-state index is 12.4. The average molecular weight is 358 g/mol. The van der Waals surface area contributed by atoms with E-state index >= 15 is 0 Å². The number of thiophene rings is 1. The third kappa shape index (κ3) is 3.96. The van der Waals surface area contributed by atoms with Crippen LogP contribution in [0, 0.1) is 0 Å². The minimum atomic E-state index is 0.274. The van der Waals surface area contributed by atoms with Gasteiger partial charge in [0.2, 0.25) is 12.7 Å². The van der Waals surface area contributed by atoms with Crippen molar-refractivity contribution in [2.45, 2.75) is 19.4 Å². The van der Waals surface area contributed by atoms with Gasteiger partial charge in [-0.05, 0) is 35.6 Å². The highest BCUT2D eigenvalue weighted by molar-refractivity contribution is 7.09. The summed E-state index contributed by atoms with van der Waals surface area (Å²) >= 11 is 1.72. The zero-order valence-corrected chi connectivity index (χ0v) is 15.0. The van der Waals surface area contributed by atoms with E-state index < -0.39 is 0 Å². The summed E-state index contributed by atoms with van der Waals surface area (Å²) in [4.78, 5) is 18.0. The van der Waals surface area contributed by atoms with Gasteiger partial charge in [-0.15, -0.1) is 11.3 Å². The third-order valence-electron chi connectivity index (χ3n) is 4.73. The van der Waals surface area contributed by atoms with Gasteiger partial charge in [-0.3, -0.25) is 9.69 Å². The molecule has 1 saturated heterocycles. The van der Waals surface area contributed by atoms with Crippen molar-refractivity contribution in [2.24, 2.45) is 0 Å². The number of ether oxygens (including phenoxy) is 2. The molecule has 2 aliphatic heterocycles. The Morgan fingerprint density at radius 1 is 1.08 bits per heavy atom. The van der Waals surface area contributed by atoms with E-state index in [2.05, 4.69) is 28.5 Å². The molecule has 0 atom stereocenters. The van der Waals surface area contributed by atoms with Gasteiger partial charge < -0.3 is 14.4 Å². The van der Waals surface area contributed by atoms with Crippen LogP contribution in [0.15, 0.2) is 35.7 Å². The van der Waals surface area contributed by atoms with Crippen LogP contribution in [0.3, 0.4) is 0 Å². The van der Waals surface area contributed by atoms with E-state index in [9.17, 15) is 4.79 Å². The molecule has 1 aromatic carbocycles. The molecule has 0 spiro atoms. The van der Waals surface area contributed by atoms with Gasteiger partial charge in [-0.1, -0.05) is 12.1 Å². The van der Waals surface area contributed by atoms with Crippen LogP contribution in [0.2, 0.25) is 0 Å². The largest absolute Gasteiger partial charge is 0.454 e. The highest BCUT2D eigenvalue weighted by Crippen LogP contribution is 2.32. The van der Waals surface area contributed by atoms with Crippen LogP contribution in [0.1, 0.15) is 16.9 Å². The first-order valence-corrected chi connectivity index (χ1v) is 9.57. The first-order chi connectivity index (χ1) is 12.3. The molecule has 0 bridgehead atoms. The van der Waals surface area contributed by atoms with E-state index in [1.54, 1.807) is 11.3 Å². The molecule has 132 valence electrons. The summed E-state index contributed by atoms with van der Waals surface area (Å²) in [5.41, 5.74) is 1.22. The minimum Gasteiger partial charge on any atom is -0.454 e. The summed E-state index contributed by atoms with van der Waals surface area (Å²) in [7, 11) is 0. The molecule has 4 rings (SSSR count). The van der Waals surface area contributed by atoms with Crippen LogP contribution in [0.25, 0.3) is 0 Å². The Kier molecular flexibility index (Phi) is 4.90. The number of rotatable bonds is 5. The van der Waals surface area contributed by atoms with Gasteiger partial charge in [0.1, 0.15) is 0 Å². The quantitative estimate of drug-likeness (QED) is 0.824. The number of fused-ring (bicyclic) bond motifs is 1. The molecular formula is C19H22N2O3S. The molecule has 6 heteroatoms. The second kappa shape index (κ2) is 7.45. The monoisotopic (exact) mass is 358 g/mol. The molecular weight excluding hydrogens is 336 g/mol. The maximum Gasteiger partial charge on any atom is 0.231 e. The molecule has 0 N–H and O–H groups in total. The fraction of sp³-hybridized carbons (Fsp3) is 0.421. The molecule has 0 radical (unpaired) electrons. The lowest BCUT2D eigenvalue weighted by atomic mass is 10.1. The van der Waals surface area contributed by atoms with Crippen molar-refractivity contribution < 1.29 is 14.3 Å². The Balaban J connectivity index is 1.24. The summed E-state index contributed by atoms with van der Waals surface area (Å²) in [6.45, 7) is 4.65. The summed E-state index contributed by atoms with van der Waals surface area (Å²) in [5, 5.41) is 2.06. The maximum atomic E-state index is 12.4. The molecule has 1 aromatic heterocycles. The van der Waals surface area contributed by atoms with Crippen molar-refractivity contribution in [2.75, 3.05) is 33.0 Å². The van der Waals surface area contributed by atoms with Crippen LogP contribution in [0.5, 0.6) is 11.5 Å². The van der Waals surface area contributed by atoms with Gasteiger partial charge in [0.25, 0.3) is 0 Å². The van der Waals surface area contributed by atoms with Crippen molar-refractivity contribution in [3.05, 3.63) is 46.2 Å². The fourth-order valence-electron chi connectivity index (χ4n) is 3.30. The molecule has 2 aromatic rings. The molecule has 0 saturated carbocycles. The van der Waals surface area contributed by atoms with Crippen LogP contribution in [0.4, 0.5) is 0 Å². The Labute approximate surface area is 151 Å². The van der Waals surface area contributed by atoms with Crippen LogP contribution < -0.4 is 9.47 Å². The van der Waals surface area contributed by atoms with Crippen molar-refractivity contribution >= 4 is 17.2 Å². The number of hydrogen-bond acceptors (Lipinski definition) is 5. The number of aryl methyl sites for hydroxylation is 1. The number of piperazine rings is 1. The van der Waals surface area contributed by atoms with Gasteiger partial charge in [0.05, 0.1) is 0 Å². The van der Waals surface area contributed by atoms with Crippen LogP contribution >= 0.6 is 11.3 Å². The van der Waals surface area contributed by atoms with Gasteiger partial charge in [-0.2, -0.15) is 0 Å². The van der Waals surface area contributed by atoms with Crippen molar-refractivity contribution in [3.63, 3.8) is 0 Å². The fourth-order valence-corrected chi connectivity index (χ4v) is 4.00. The van der Waals surface area contributed by atoms with E-state index in [1.807, 2.05) is 17.0 Å². The number of carbonyl (C=O) groups is 1. The summed E-state index contributed by atoms with van der Waals surface area (Å²) in [5.74, 6) is 1.93. The number of nitrogens with zero attached hydrogens (tertiary/aromatic N) is 2. The van der Waals surface area contributed by atoms with Gasteiger partial charge in [0, 0.05) is 44.0 Å². The van der Waals surface area contributed by atoms with Gasteiger partial charge >= 0.3 is 0 Å². The number of amides is 1. The van der Waals surface area contributed by atoms with Crippen LogP contribution in [-0.2, 0) is 17.8 Å². The topological polar surface area (TPSA) is 42.0 Å². The smallest absolute Gasteiger partial charge is 0.231 e. The summed E-state index contributed by atoms with van der Waals surface area (Å²) in [6.07, 6.45) is 1.47. The molecule has 0 aliphatic carbocycles. The Morgan fingerprint density at radius 3 is 2.72 bits per heavy atom. The number of hydrogen-bond donors (Lipinski definition) is 0. The molecule has 0 unspecified atom stereocenters. The zero-order valence-electron chi connectivity index (χ0n) is 14.1. The lowest BCUT2D eigenvalue weighted by molar-refractivity contribution is -0.132. The second-order valence-electron chi connectivity index (χ2n) is 6.42. The SMILES string of the molecule is O=C(CCc1cccs1)N1CCN(Cc2ccc3c(c2)OCO3)CC1. The molecule has 1 fully saturated rings. The van der Waals surface area contributed by atoms with Crippen LogP contribution in [-0.4, -0.2) is 48.7 Å². The normalized spacial score (nSPS) is 17.0. The van der Waals surface area contributed by atoms with E-state index in [4.69, 9.17) is 9.47 Å². The Morgan fingerprint density at radius 2 is 1.92 bits per heavy atom. The number of benzene rings is 1. The van der Waals surface area contributed by atoms with E-state index in [-0.39, 0.29) is 5.91 Å². The van der Waals surface area contributed by atoms with E-state index in [0.717, 1.165) is 50.6 Å². The second-order valence-corrected chi connectivity index (χ2v) is 7.46. The Bertz CT molecular complexity index is 724. The van der Waals surface area contributed by atoms with Crippen molar-refractivity contribution in [1.29, 1.82) is 0 Å². The predicted octanol–water partition coefficient (Wildman–Crippen LogP) is 2.75. The summed E-state index contributed by atoms with van der Waals surface area (Å²) in [6, 6.07) is 10.3. The standard InChI is InChI=1S/C19H22N2O3S/c22-19(6-4-16-2-1-11-25-16)21-9-7-20(8-10-21)13-15-3-5-17-18(12-15)24-14-23-17/h1-3,5,11-12H,4,6-10,13-14H2. The molecule has 25 heavy (non-hydrogen) atoms. The lowest BCUT2D eigenvalue weighted by Crippen LogP contribution is -2.48. The molecule has 2 aliphatic rings. The van der Waals surface area contributed by atoms with Gasteiger partial charge in [0.15, 0.2) is 11.5 Å². The minimum absolute atomic E-state index is 0.274. The molecule has 1 amide bonds. The third-order valence-corrected chi connectivity index (χ3v) is 5.67. The van der Waals surface area contributed by atoms with E-state index in [0.29, 0.717) is 13.2 Å².